The van der Waals surface area contributed by atoms with Crippen LogP contribution in [0.2, 0.25) is 0 Å². The molecule has 0 saturated carbocycles. The average Bonchev–Trinajstić information content (AvgIpc) is 2.46. The summed E-state index contributed by atoms with van der Waals surface area (Å²) in [4.78, 5) is 22.7. The number of hydrogen-bond acceptors (Lipinski definition) is 4. The number of carboxylic acid groups (broad SMARTS) is 2. The zero-order chi connectivity index (χ0) is 14.6. The Morgan fingerprint density at radius 3 is 2.30 bits per heavy atom. The minimum atomic E-state index is -2.12. The first-order chi connectivity index (χ1) is 9.57. The van der Waals surface area contributed by atoms with Gasteiger partial charge < -0.3 is 10.2 Å². The number of hydrogen-bond donors (Lipinski definition) is 2. The van der Waals surface area contributed by atoms with Crippen LogP contribution < -0.4 is 0 Å². The number of carbonyl (C=O) groups is 2. The number of nitrogens with zero attached hydrogens (tertiary/aromatic N) is 2. The zero-order valence-corrected chi connectivity index (χ0v) is 10.4. The van der Waals surface area contributed by atoms with E-state index in [1.54, 1.807) is 36.4 Å². The van der Waals surface area contributed by atoms with E-state index in [-0.39, 0.29) is 0 Å². The van der Waals surface area contributed by atoms with Crippen LogP contribution in [0.3, 0.4) is 0 Å². The van der Waals surface area contributed by atoms with E-state index in [1.807, 2.05) is 0 Å². The van der Waals surface area contributed by atoms with Crippen molar-refractivity contribution in [3.63, 3.8) is 0 Å². The smallest absolute Gasteiger partial charge is 0.327 e. The highest BCUT2D eigenvalue weighted by molar-refractivity contribution is 6.02. The van der Waals surface area contributed by atoms with Gasteiger partial charge in [-0.15, -0.1) is 0 Å². The maximum Gasteiger partial charge on any atom is 0.327 e. The van der Waals surface area contributed by atoms with Crippen molar-refractivity contribution in [3.8, 4) is 0 Å². The molecule has 0 aliphatic heterocycles. The molecule has 1 aliphatic carbocycles. The molecule has 0 saturated heterocycles. The van der Waals surface area contributed by atoms with Crippen LogP contribution in [-0.2, 0) is 9.59 Å². The number of benzene rings is 1. The van der Waals surface area contributed by atoms with Gasteiger partial charge in [0.2, 0.25) is 5.41 Å². The molecule has 0 fully saturated rings. The van der Waals surface area contributed by atoms with Crippen molar-refractivity contribution >= 4 is 17.6 Å². The summed E-state index contributed by atoms with van der Waals surface area (Å²) in [5.74, 6) is -2.94. The van der Waals surface area contributed by atoms with Gasteiger partial charge in [0, 0.05) is 0 Å². The Labute approximate surface area is 114 Å². The highest BCUT2D eigenvalue weighted by Gasteiger charge is 2.51. The van der Waals surface area contributed by atoms with E-state index in [0.717, 1.165) is 6.08 Å². The maximum absolute atomic E-state index is 11.4. The van der Waals surface area contributed by atoms with Crippen molar-refractivity contribution in [2.24, 2.45) is 15.6 Å². The lowest BCUT2D eigenvalue weighted by Crippen LogP contribution is -2.46. The van der Waals surface area contributed by atoms with Crippen LogP contribution in [0.25, 0.3) is 0 Å². The number of allylic oxidation sites excluding steroid dienone is 2. The maximum atomic E-state index is 11.4. The molecule has 1 unspecified atom stereocenters. The third-order valence-corrected chi connectivity index (χ3v) is 2.99. The molecule has 0 amide bonds. The lowest BCUT2D eigenvalue weighted by Gasteiger charge is -2.26. The fourth-order valence-corrected chi connectivity index (χ4v) is 1.87. The molecular weight excluding hydrogens is 260 g/mol. The van der Waals surface area contributed by atoms with Crippen molar-refractivity contribution in [3.05, 3.63) is 54.6 Å². The molecule has 1 aromatic rings. The Kier molecular flexibility index (Phi) is 3.74. The molecule has 2 rings (SSSR count). The molecule has 0 radical (unpaired) electrons. The van der Waals surface area contributed by atoms with Gasteiger partial charge in [-0.25, -0.2) is 0 Å². The first-order valence-electron chi connectivity index (χ1n) is 5.86. The standard InChI is InChI=1S/C14H12N2O4/c17-12(18)14(13(19)20)9-5-4-8-11(14)16-15-10-6-2-1-3-7-10/h1-9,11H,(H,17,18)(H,19,20). The van der Waals surface area contributed by atoms with E-state index < -0.39 is 23.4 Å². The first kappa shape index (κ1) is 13.7. The van der Waals surface area contributed by atoms with E-state index >= 15 is 0 Å². The lowest BCUT2D eigenvalue weighted by molar-refractivity contribution is -0.161. The molecule has 1 aromatic carbocycles. The minimum absolute atomic E-state index is 0.528. The van der Waals surface area contributed by atoms with Crippen LogP contribution in [0, 0.1) is 5.41 Å². The molecule has 6 nitrogen and oxygen atoms in total. The molecule has 6 heteroatoms. The predicted molar refractivity (Wildman–Crippen MR) is 70.7 cm³/mol. The highest BCUT2D eigenvalue weighted by atomic mass is 16.4. The summed E-state index contributed by atoms with van der Waals surface area (Å²) in [6.45, 7) is 0. The van der Waals surface area contributed by atoms with Crippen molar-refractivity contribution in [1.82, 2.24) is 0 Å². The summed E-state index contributed by atoms with van der Waals surface area (Å²) in [7, 11) is 0. The van der Waals surface area contributed by atoms with Gasteiger partial charge in [0.1, 0.15) is 6.04 Å². The summed E-state index contributed by atoms with van der Waals surface area (Å²) in [5.41, 5.74) is -1.59. The number of azo groups is 1. The Bertz CT molecular complexity index is 591. The second kappa shape index (κ2) is 5.48. The van der Waals surface area contributed by atoms with Crippen LogP contribution in [0.4, 0.5) is 5.69 Å². The van der Waals surface area contributed by atoms with Crippen molar-refractivity contribution in [2.45, 2.75) is 6.04 Å². The fraction of sp³-hybridized carbons (Fsp3) is 0.143. The normalized spacial score (nSPS) is 20.1. The first-order valence-corrected chi connectivity index (χ1v) is 5.86. The highest BCUT2D eigenvalue weighted by Crippen LogP contribution is 2.32. The Balaban J connectivity index is 2.36. The molecule has 0 bridgehead atoms. The molecule has 0 heterocycles. The number of rotatable bonds is 4. The number of carboxylic acids is 2. The van der Waals surface area contributed by atoms with Crippen LogP contribution in [0.15, 0.2) is 64.9 Å². The molecule has 20 heavy (non-hydrogen) atoms. The van der Waals surface area contributed by atoms with Gasteiger partial charge in [-0.05, 0) is 12.1 Å². The molecule has 1 atom stereocenters. The van der Waals surface area contributed by atoms with Gasteiger partial charge in [-0.1, -0.05) is 42.5 Å². The van der Waals surface area contributed by atoms with Gasteiger partial charge in [-0.2, -0.15) is 10.2 Å². The van der Waals surface area contributed by atoms with Crippen molar-refractivity contribution in [2.75, 3.05) is 0 Å². The van der Waals surface area contributed by atoms with Gasteiger partial charge in [-0.3, -0.25) is 9.59 Å². The Morgan fingerprint density at radius 1 is 1.05 bits per heavy atom. The molecule has 0 spiro atoms. The van der Waals surface area contributed by atoms with E-state index in [9.17, 15) is 19.8 Å². The minimum Gasteiger partial charge on any atom is -0.480 e. The SMILES string of the molecule is O=C(O)C1(C(=O)O)C=CC=CC1N=Nc1ccccc1. The monoisotopic (exact) mass is 272 g/mol. The van der Waals surface area contributed by atoms with E-state index in [1.165, 1.54) is 12.2 Å². The van der Waals surface area contributed by atoms with E-state index in [2.05, 4.69) is 10.2 Å². The average molecular weight is 272 g/mol. The van der Waals surface area contributed by atoms with Gasteiger partial charge in [0.15, 0.2) is 0 Å². The van der Waals surface area contributed by atoms with Crippen LogP contribution in [0.5, 0.6) is 0 Å². The summed E-state index contributed by atoms with van der Waals surface area (Å²) < 4.78 is 0. The summed E-state index contributed by atoms with van der Waals surface area (Å²) in [6.07, 6.45) is 5.47. The van der Waals surface area contributed by atoms with E-state index in [0.29, 0.717) is 5.69 Å². The van der Waals surface area contributed by atoms with Crippen LogP contribution in [-0.4, -0.2) is 28.2 Å². The predicted octanol–water partition coefficient (Wildman–Crippen LogP) is 2.42. The van der Waals surface area contributed by atoms with Gasteiger partial charge >= 0.3 is 11.9 Å². The van der Waals surface area contributed by atoms with Crippen molar-refractivity contribution < 1.29 is 19.8 Å². The zero-order valence-electron chi connectivity index (χ0n) is 10.4. The third-order valence-electron chi connectivity index (χ3n) is 2.99. The molecular formula is C14H12N2O4. The molecule has 2 N–H and O–H groups in total. The van der Waals surface area contributed by atoms with E-state index in [4.69, 9.17) is 0 Å². The molecule has 0 aromatic heterocycles. The summed E-state index contributed by atoms with van der Waals surface area (Å²) in [5, 5.41) is 26.3. The summed E-state index contributed by atoms with van der Waals surface area (Å²) in [6, 6.07) is 7.60. The second-order valence-electron chi connectivity index (χ2n) is 4.22. The Morgan fingerprint density at radius 2 is 1.70 bits per heavy atom. The van der Waals surface area contributed by atoms with Crippen LogP contribution in [0.1, 0.15) is 0 Å². The molecule has 102 valence electrons. The quantitative estimate of drug-likeness (QED) is 0.649. The topological polar surface area (TPSA) is 99.3 Å². The third kappa shape index (κ3) is 2.35. The van der Waals surface area contributed by atoms with Crippen LogP contribution >= 0.6 is 0 Å². The lowest BCUT2D eigenvalue weighted by atomic mass is 9.78. The largest absolute Gasteiger partial charge is 0.480 e. The Hall–Kier alpha value is -2.76. The second-order valence-corrected chi connectivity index (χ2v) is 4.22. The van der Waals surface area contributed by atoms with Crippen molar-refractivity contribution in [1.29, 1.82) is 0 Å². The summed E-state index contributed by atoms with van der Waals surface area (Å²) >= 11 is 0. The number of aliphatic carboxylic acids is 2. The van der Waals surface area contributed by atoms with Gasteiger partial charge in [0.25, 0.3) is 0 Å². The fourth-order valence-electron chi connectivity index (χ4n) is 1.87. The molecule has 1 aliphatic rings. The van der Waals surface area contributed by atoms with Gasteiger partial charge in [0.05, 0.1) is 5.69 Å².